The maximum Gasteiger partial charge on any atom is 0.291 e. The molecule has 124 valence electrons. The highest BCUT2D eigenvalue weighted by atomic mass is 16.2. The van der Waals surface area contributed by atoms with Crippen molar-refractivity contribution in [3.63, 3.8) is 0 Å². The Bertz CT molecular complexity index is 952. The van der Waals surface area contributed by atoms with Crippen LogP contribution >= 0.6 is 0 Å². The third-order valence-electron chi connectivity index (χ3n) is 4.54. The van der Waals surface area contributed by atoms with E-state index in [1.54, 1.807) is 24.0 Å². The van der Waals surface area contributed by atoms with E-state index in [-0.39, 0.29) is 5.91 Å². The van der Waals surface area contributed by atoms with Gasteiger partial charge in [-0.15, -0.1) is 0 Å². The van der Waals surface area contributed by atoms with Gasteiger partial charge in [0.25, 0.3) is 5.91 Å². The molecule has 0 radical (unpaired) electrons. The van der Waals surface area contributed by atoms with Crippen LogP contribution in [0.15, 0.2) is 60.9 Å². The molecule has 4 heteroatoms. The second-order valence-electron chi connectivity index (χ2n) is 6.21. The summed E-state index contributed by atoms with van der Waals surface area (Å²) in [4.78, 5) is 16.3. The third kappa shape index (κ3) is 2.98. The molecule has 0 spiro atoms. The van der Waals surface area contributed by atoms with Crippen LogP contribution in [0.1, 0.15) is 28.2 Å². The lowest BCUT2D eigenvalue weighted by atomic mass is 9.90. The molecule has 3 aromatic rings. The van der Waals surface area contributed by atoms with Crippen LogP contribution in [-0.2, 0) is 13.5 Å². The molecule has 4 rings (SSSR count). The number of aryl methyl sites for hydroxylation is 2. The summed E-state index contributed by atoms with van der Waals surface area (Å²) in [7, 11) is 1.80. The molecule has 4 nitrogen and oxygen atoms in total. The summed E-state index contributed by atoms with van der Waals surface area (Å²) >= 11 is 0. The van der Waals surface area contributed by atoms with Crippen molar-refractivity contribution in [2.45, 2.75) is 12.8 Å². The molecule has 1 heterocycles. The van der Waals surface area contributed by atoms with E-state index in [4.69, 9.17) is 0 Å². The monoisotopic (exact) mass is 329 g/mol. The predicted octanol–water partition coefficient (Wildman–Crippen LogP) is 4.30. The average molecular weight is 329 g/mol. The van der Waals surface area contributed by atoms with Crippen molar-refractivity contribution in [3.8, 4) is 11.1 Å². The molecular weight excluding hydrogens is 310 g/mol. The number of rotatable bonds is 3. The summed E-state index contributed by atoms with van der Waals surface area (Å²) in [6.45, 7) is 0. The molecule has 0 saturated carbocycles. The summed E-state index contributed by atoms with van der Waals surface area (Å²) in [5.74, 6) is 0.187. The zero-order valence-electron chi connectivity index (χ0n) is 14.1. The fourth-order valence-electron chi connectivity index (χ4n) is 3.22. The number of allylic oxidation sites excluding steroid dienone is 1. The number of aromatic nitrogens is 2. The van der Waals surface area contributed by atoms with Crippen molar-refractivity contribution in [1.29, 1.82) is 0 Å². The summed E-state index contributed by atoms with van der Waals surface area (Å²) in [5.41, 5.74) is 5.84. The molecule has 1 aromatic heterocycles. The SMILES string of the molecule is Cn1ccnc1C(=O)Nc1ccc(-c2cccc3c2C=CCC3)cc1. The first-order valence-corrected chi connectivity index (χ1v) is 8.40. The second-order valence-corrected chi connectivity index (χ2v) is 6.21. The van der Waals surface area contributed by atoms with Gasteiger partial charge < -0.3 is 9.88 Å². The Morgan fingerprint density at radius 3 is 2.76 bits per heavy atom. The molecule has 25 heavy (non-hydrogen) atoms. The lowest BCUT2D eigenvalue weighted by Gasteiger charge is -2.15. The van der Waals surface area contributed by atoms with Gasteiger partial charge in [-0.2, -0.15) is 0 Å². The lowest BCUT2D eigenvalue weighted by molar-refractivity contribution is 0.101. The van der Waals surface area contributed by atoms with Crippen LogP contribution in [-0.4, -0.2) is 15.5 Å². The molecule has 0 fully saturated rings. The van der Waals surface area contributed by atoms with E-state index in [1.165, 1.54) is 16.7 Å². The Morgan fingerprint density at radius 2 is 2.00 bits per heavy atom. The molecule has 1 aliphatic carbocycles. The standard InChI is InChI=1S/C21H19N3O/c1-24-14-13-22-20(24)21(25)23-17-11-9-16(10-12-17)19-8-4-6-15-5-2-3-7-18(15)19/h3-4,6-14H,2,5H2,1H3,(H,23,25). The first-order valence-electron chi connectivity index (χ1n) is 8.40. The van der Waals surface area contributed by atoms with Crippen LogP contribution < -0.4 is 5.32 Å². The third-order valence-corrected chi connectivity index (χ3v) is 4.54. The smallest absolute Gasteiger partial charge is 0.291 e. The number of imidazole rings is 1. The minimum atomic E-state index is -0.208. The first kappa shape index (κ1) is 15.4. The van der Waals surface area contributed by atoms with Gasteiger partial charge in [-0.1, -0.05) is 42.5 Å². The molecule has 0 bridgehead atoms. The molecule has 1 aliphatic rings. The quantitative estimate of drug-likeness (QED) is 0.779. The molecule has 0 atom stereocenters. The number of anilines is 1. The number of carbonyl (C=O) groups is 1. The van der Waals surface area contributed by atoms with Crippen LogP contribution in [0, 0.1) is 0 Å². The number of amides is 1. The fraction of sp³-hybridized carbons (Fsp3) is 0.143. The highest BCUT2D eigenvalue weighted by Gasteiger charge is 2.12. The summed E-state index contributed by atoms with van der Waals surface area (Å²) in [6, 6.07) is 14.4. The predicted molar refractivity (Wildman–Crippen MR) is 100 cm³/mol. The van der Waals surface area contributed by atoms with Gasteiger partial charge in [-0.3, -0.25) is 4.79 Å². The Morgan fingerprint density at radius 1 is 1.16 bits per heavy atom. The number of benzene rings is 2. The van der Waals surface area contributed by atoms with Gasteiger partial charge in [0.15, 0.2) is 5.82 Å². The van der Waals surface area contributed by atoms with Crippen molar-refractivity contribution < 1.29 is 4.79 Å². The van der Waals surface area contributed by atoms with E-state index in [0.717, 1.165) is 24.1 Å². The number of nitrogens with one attached hydrogen (secondary N) is 1. The van der Waals surface area contributed by atoms with Crippen LogP contribution in [0.2, 0.25) is 0 Å². The largest absolute Gasteiger partial charge is 0.330 e. The van der Waals surface area contributed by atoms with Gasteiger partial charge in [-0.05, 0) is 47.2 Å². The van der Waals surface area contributed by atoms with E-state index in [2.05, 4.69) is 40.7 Å². The minimum absolute atomic E-state index is 0.208. The first-order chi connectivity index (χ1) is 12.2. The van der Waals surface area contributed by atoms with Gasteiger partial charge in [0.05, 0.1) is 0 Å². The molecule has 0 saturated heterocycles. The zero-order valence-corrected chi connectivity index (χ0v) is 14.1. The Balaban J connectivity index is 1.58. The zero-order chi connectivity index (χ0) is 17.2. The van der Waals surface area contributed by atoms with E-state index >= 15 is 0 Å². The van der Waals surface area contributed by atoms with Crippen molar-refractivity contribution in [2.75, 3.05) is 5.32 Å². The topological polar surface area (TPSA) is 46.9 Å². The average Bonchev–Trinajstić information content (AvgIpc) is 3.08. The van der Waals surface area contributed by atoms with Crippen LogP contribution in [0.4, 0.5) is 5.69 Å². The molecule has 1 amide bonds. The van der Waals surface area contributed by atoms with Crippen molar-refractivity contribution in [1.82, 2.24) is 9.55 Å². The number of hydrogen-bond donors (Lipinski definition) is 1. The van der Waals surface area contributed by atoms with Gasteiger partial charge in [0.2, 0.25) is 0 Å². The Hall–Kier alpha value is -3.14. The fourth-order valence-corrected chi connectivity index (χ4v) is 3.22. The summed E-state index contributed by atoms with van der Waals surface area (Å²) in [5, 5.41) is 2.89. The number of nitrogens with zero attached hydrogens (tertiary/aromatic N) is 2. The van der Waals surface area contributed by atoms with E-state index in [9.17, 15) is 4.79 Å². The molecule has 1 N–H and O–H groups in total. The van der Waals surface area contributed by atoms with Crippen molar-refractivity contribution in [3.05, 3.63) is 77.9 Å². The van der Waals surface area contributed by atoms with E-state index in [0.29, 0.717) is 5.82 Å². The molecular formula is C21H19N3O. The molecule has 0 aliphatic heterocycles. The summed E-state index contributed by atoms with van der Waals surface area (Å²) in [6.07, 6.45) is 10.0. The van der Waals surface area contributed by atoms with Gasteiger partial charge in [0.1, 0.15) is 0 Å². The normalized spacial score (nSPS) is 12.7. The molecule has 0 unspecified atom stereocenters. The highest BCUT2D eigenvalue weighted by molar-refractivity contribution is 6.01. The van der Waals surface area contributed by atoms with Gasteiger partial charge >= 0.3 is 0 Å². The van der Waals surface area contributed by atoms with Crippen molar-refractivity contribution >= 4 is 17.7 Å². The molecule has 2 aromatic carbocycles. The van der Waals surface area contributed by atoms with Crippen molar-refractivity contribution in [2.24, 2.45) is 7.05 Å². The Labute approximate surface area is 146 Å². The van der Waals surface area contributed by atoms with E-state index in [1.807, 2.05) is 24.3 Å². The highest BCUT2D eigenvalue weighted by Crippen LogP contribution is 2.31. The second kappa shape index (κ2) is 6.40. The maximum atomic E-state index is 12.2. The summed E-state index contributed by atoms with van der Waals surface area (Å²) < 4.78 is 1.70. The van der Waals surface area contributed by atoms with Gasteiger partial charge in [-0.25, -0.2) is 4.98 Å². The number of carbonyl (C=O) groups excluding carboxylic acids is 1. The number of hydrogen-bond acceptors (Lipinski definition) is 2. The van der Waals surface area contributed by atoms with Crippen LogP contribution in [0.25, 0.3) is 17.2 Å². The maximum absolute atomic E-state index is 12.2. The number of fused-ring (bicyclic) bond motifs is 1. The minimum Gasteiger partial charge on any atom is -0.330 e. The Kier molecular flexibility index (Phi) is 3.94. The van der Waals surface area contributed by atoms with Gasteiger partial charge in [0, 0.05) is 25.1 Å². The lowest BCUT2D eigenvalue weighted by Crippen LogP contribution is -2.16. The van der Waals surface area contributed by atoms with E-state index < -0.39 is 0 Å². The van der Waals surface area contributed by atoms with Crippen LogP contribution in [0.3, 0.4) is 0 Å². The van der Waals surface area contributed by atoms with Crippen LogP contribution in [0.5, 0.6) is 0 Å².